The van der Waals surface area contributed by atoms with E-state index in [-0.39, 0.29) is 5.91 Å². The SMILES string of the molecule is COc1ccc(CCNc2ccc(NC(=O)c3ccc(C)cc3)cn2)cc1OC. The van der Waals surface area contributed by atoms with E-state index in [9.17, 15) is 4.79 Å². The van der Waals surface area contributed by atoms with E-state index in [4.69, 9.17) is 9.47 Å². The third-order valence-electron chi connectivity index (χ3n) is 4.50. The van der Waals surface area contributed by atoms with Crippen molar-refractivity contribution < 1.29 is 14.3 Å². The van der Waals surface area contributed by atoms with Crippen molar-refractivity contribution in [3.8, 4) is 11.5 Å². The van der Waals surface area contributed by atoms with E-state index in [1.54, 1.807) is 20.4 Å². The van der Waals surface area contributed by atoms with Gasteiger partial charge in [-0.25, -0.2) is 4.98 Å². The van der Waals surface area contributed by atoms with Crippen molar-refractivity contribution in [2.45, 2.75) is 13.3 Å². The number of rotatable bonds is 8. The van der Waals surface area contributed by atoms with Crippen LogP contribution in [0.4, 0.5) is 11.5 Å². The number of benzene rings is 2. The highest BCUT2D eigenvalue weighted by atomic mass is 16.5. The number of aromatic nitrogens is 1. The van der Waals surface area contributed by atoms with E-state index in [1.165, 1.54) is 0 Å². The minimum atomic E-state index is -0.152. The topological polar surface area (TPSA) is 72.5 Å². The Hall–Kier alpha value is -3.54. The molecule has 0 aliphatic rings. The minimum Gasteiger partial charge on any atom is -0.493 e. The van der Waals surface area contributed by atoms with E-state index in [0.29, 0.717) is 17.0 Å². The lowest BCUT2D eigenvalue weighted by Crippen LogP contribution is -2.12. The maximum Gasteiger partial charge on any atom is 0.255 e. The van der Waals surface area contributed by atoms with E-state index in [1.807, 2.05) is 61.5 Å². The summed E-state index contributed by atoms with van der Waals surface area (Å²) in [6.45, 7) is 2.71. The number of nitrogens with zero attached hydrogens (tertiary/aromatic N) is 1. The quantitative estimate of drug-likeness (QED) is 0.598. The molecule has 3 rings (SSSR count). The Bertz CT molecular complexity index is 954. The second-order valence-corrected chi connectivity index (χ2v) is 6.62. The highest BCUT2D eigenvalue weighted by Crippen LogP contribution is 2.27. The van der Waals surface area contributed by atoms with Crippen LogP contribution in [0.3, 0.4) is 0 Å². The molecule has 1 aromatic heterocycles. The summed E-state index contributed by atoms with van der Waals surface area (Å²) in [6, 6.07) is 17.0. The zero-order chi connectivity index (χ0) is 20.6. The molecule has 0 aliphatic carbocycles. The molecule has 0 bridgehead atoms. The van der Waals surface area contributed by atoms with Gasteiger partial charge in [0.15, 0.2) is 11.5 Å². The second kappa shape index (κ2) is 9.59. The van der Waals surface area contributed by atoms with Crippen LogP contribution in [0.5, 0.6) is 11.5 Å². The number of ether oxygens (including phenoxy) is 2. The predicted molar refractivity (Wildman–Crippen MR) is 115 cm³/mol. The maximum atomic E-state index is 12.3. The molecular weight excluding hydrogens is 366 g/mol. The van der Waals surface area contributed by atoms with Gasteiger partial charge in [-0.2, -0.15) is 0 Å². The molecular formula is C23H25N3O3. The first-order valence-electron chi connectivity index (χ1n) is 9.38. The maximum absolute atomic E-state index is 12.3. The summed E-state index contributed by atoms with van der Waals surface area (Å²) in [4.78, 5) is 16.6. The Balaban J connectivity index is 1.51. The minimum absolute atomic E-state index is 0.152. The molecule has 29 heavy (non-hydrogen) atoms. The molecule has 1 amide bonds. The number of carbonyl (C=O) groups excluding carboxylic acids is 1. The van der Waals surface area contributed by atoms with Crippen molar-refractivity contribution in [2.24, 2.45) is 0 Å². The molecule has 0 saturated carbocycles. The van der Waals surface area contributed by atoms with E-state index < -0.39 is 0 Å². The monoisotopic (exact) mass is 391 g/mol. The van der Waals surface area contributed by atoms with Crippen LogP contribution in [0.1, 0.15) is 21.5 Å². The van der Waals surface area contributed by atoms with Gasteiger partial charge in [0.25, 0.3) is 5.91 Å². The van der Waals surface area contributed by atoms with E-state index in [2.05, 4.69) is 15.6 Å². The lowest BCUT2D eigenvalue weighted by Gasteiger charge is -2.11. The summed E-state index contributed by atoms with van der Waals surface area (Å²) in [5.74, 6) is 2.03. The van der Waals surface area contributed by atoms with Crippen LogP contribution in [-0.4, -0.2) is 31.7 Å². The van der Waals surface area contributed by atoms with Crippen LogP contribution < -0.4 is 20.1 Å². The van der Waals surface area contributed by atoms with E-state index in [0.717, 1.165) is 35.7 Å². The van der Waals surface area contributed by atoms with Gasteiger partial charge in [-0.15, -0.1) is 0 Å². The summed E-state index contributed by atoms with van der Waals surface area (Å²) in [5.41, 5.74) is 3.53. The Labute approximate surface area is 170 Å². The molecule has 0 radical (unpaired) electrons. The van der Waals surface area contributed by atoms with Crippen molar-refractivity contribution in [1.82, 2.24) is 4.98 Å². The number of amides is 1. The number of hydrogen-bond donors (Lipinski definition) is 2. The summed E-state index contributed by atoms with van der Waals surface area (Å²) in [7, 11) is 3.25. The molecule has 0 fully saturated rings. The first-order chi connectivity index (χ1) is 14.1. The summed E-state index contributed by atoms with van der Waals surface area (Å²) < 4.78 is 10.6. The molecule has 150 valence electrons. The zero-order valence-electron chi connectivity index (χ0n) is 16.9. The summed E-state index contributed by atoms with van der Waals surface area (Å²) in [6.07, 6.45) is 2.46. The van der Waals surface area contributed by atoms with Crippen molar-refractivity contribution >= 4 is 17.4 Å². The van der Waals surface area contributed by atoms with Gasteiger partial charge in [-0.1, -0.05) is 23.8 Å². The standard InChI is InChI=1S/C23H25N3O3/c1-16-4-7-18(8-5-16)23(27)26-19-9-11-22(25-15-19)24-13-12-17-6-10-20(28-2)21(14-17)29-3/h4-11,14-15H,12-13H2,1-3H3,(H,24,25)(H,26,27). The van der Waals surface area contributed by atoms with Gasteiger partial charge in [-0.3, -0.25) is 4.79 Å². The van der Waals surface area contributed by atoms with Crippen molar-refractivity contribution in [3.05, 3.63) is 77.5 Å². The number of anilines is 2. The van der Waals surface area contributed by atoms with Gasteiger partial charge in [-0.05, 0) is 55.3 Å². The molecule has 2 aromatic carbocycles. The highest BCUT2D eigenvalue weighted by molar-refractivity contribution is 6.04. The molecule has 1 heterocycles. The predicted octanol–water partition coefficient (Wildman–Crippen LogP) is 4.31. The van der Waals surface area contributed by atoms with Gasteiger partial charge < -0.3 is 20.1 Å². The second-order valence-electron chi connectivity index (χ2n) is 6.62. The molecule has 0 saturated heterocycles. The largest absolute Gasteiger partial charge is 0.493 e. The third-order valence-corrected chi connectivity index (χ3v) is 4.50. The molecule has 2 N–H and O–H groups in total. The highest BCUT2D eigenvalue weighted by Gasteiger charge is 2.07. The Morgan fingerprint density at radius 1 is 0.966 bits per heavy atom. The number of pyridine rings is 1. The molecule has 0 unspecified atom stereocenters. The van der Waals surface area contributed by atoms with Crippen LogP contribution in [0.15, 0.2) is 60.8 Å². The molecule has 0 spiro atoms. The fraction of sp³-hybridized carbons (Fsp3) is 0.217. The third kappa shape index (κ3) is 5.48. The summed E-state index contributed by atoms with van der Waals surface area (Å²) >= 11 is 0. The van der Waals surface area contributed by atoms with Gasteiger partial charge in [0, 0.05) is 12.1 Å². The van der Waals surface area contributed by atoms with Crippen molar-refractivity contribution in [2.75, 3.05) is 31.4 Å². The average Bonchev–Trinajstić information content (AvgIpc) is 2.75. The number of methoxy groups -OCH3 is 2. The fourth-order valence-electron chi connectivity index (χ4n) is 2.85. The lowest BCUT2D eigenvalue weighted by atomic mass is 10.1. The van der Waals surface area contributed by atoms with Crippen molar-refractivity contribution in [3.63, 3.8) is 0 Å². The first-order valence-corrected chi connectivity index (χ1v) is 9.38. The lowest BCUT2D eigenvalue weighted by molar-refractivity contribution is 0.102. The Morgan fingerprint density at radius 2 is 1.72 bits per heavy atom. The van der Waals surface area contributed by atoms with Crippen molar-refractivity contribution in [1.29, 1.82) is 0 Å². The fourth-order valence-corrected chi connectivity index (χ4v) is 2.85. The Morgan fingerprint density at radius 3 is 2.38 bits per heavy atom. The van der Waals surface area contributed by atoms with Crippen LogP contribution in [-0.2, 0) is 6.42 Å². The summed E-state index contributed by atoms with van der Waals surface area (Å²) in [5, 5.41) is 6.14. The normalized spacial score (nSPS) is 10.3. The molecule has 0 atom stereocenters. The van der Waals surface area contributed by atoms with Crippen LogP contribution in [0.2, 0.25) is 0 Å². The van der Waals surface area contributed by atoms with Gasteiger partial charge in [0.2, 0.25) is 0 Å². The number of hydrogen-bond acceptors (Lipinski definition) is 5. The van der Waals surface area contributed by atoms with Crippen LogP contribution in [0, 0.1) is 6.92 Å². The Kier molecular flexibility index (Phi) is 6.68. The smallest absolute Gasteiger partial charge is 0.255 e. The van der Waals surface area contributed by atoms with Gasteiger partial charge in [0.1, 0.15) is 5.82 Å². The van der Waals surface area contributed by atoms with Crippen LogP contribution in [0.25, 0.3) is 0 Å². The number of carbonyl (C=O) groups is 1. The van der Waals surface area contributed by atoms with Gasteiger partial charge >= 0.3 is 0 Å². The molecule has 3 aromatic rings. The average molecular weight is 391 g/mol. The molecule has 0 aliphatic heterocycles. The molecule has 6 nitrogen and oxygen atoms in total. The zero-order valence-corrected chi connectivity index (χ0v) is 16.9. The van der Waals surface area contributed by atoms with Crippen LogP contribution >= 0.6 is 0 Å². The first kappa shape index (κ1) is 20.2. The number of nitrogens with one attached hydrogen (secondary N) is 2. The van der Waals surface area contributed by atoms with E-state index >= 15 is 0 Å². The number of aryl methyl sites for hydroxylation is 1. The molecule has 6 heteroatoms. The van der Waals surface area contributed by atoms with Gasteiger partial charge in [0.05, 0.1) is 26.1 Å².